The summed E-state index contributed by atoms with van der Waals surface area (Å²) in [6.45, 7) is 0.565. The van der Waals surface area contributed by atoms with Crippen molar-refractivity contribution < 1.29 is 4.84 Å². The Hall–Kier alpha value is -1.32. The molecule has 0 amide bonds. The number of aromatic amines is 1. The first-order valence-corrected chi connectivity index (χ1v) is 4.28. The van der Waals surface area contributed by atoms with E-state index in [0.29, 0.717) is 6.61 Å². The summed E-state index contributed by atoms with van der Waals surface area (Å²) in [7, 11) is 0. The van der Waals surface area contributed by atoms with Crippen LogP contribution < -0.4 is 5.90 Å². The second-order valence-electron chi connectivity index (χ2n) is 3.02. The predicted molar refractivity (Wildman–Crippen MR) is 52.1 cm³/mol. The van der Waals surface area contributed by atoms with Crippen molar-refractivity contribution in [3.8, 4) is 0 Å². The summed E-state index contributed by atoms with van der Waals surface area (Å²) in [5.74, 6) is 4.96. The molecule has 2 rings (SSSR count). The summed E-state index contributed by atoms with van der Waals surface area (Å²) in [5, 5.41) is 1.23. The lowest BCUT2D eigenvalue weighted by molar-refractivity contribution is 0.141. The molecule has 0 aliphatic heterocycles. The highest BCUT2D eigenvalue weighted by atomic mass is 16.6. The highest BCUT2D eigenvalue weighted by Crippen LogP contribution is 2.14. The Kier molecular flexibility index (Phi) is 2.29. The molecule has 3 heteroatoms. The Morgan fingerprint density at radius 3 is 3.08 bits per heavy atom. The van der Waals surface area contributed by atoms with Crippen molar-refractivity contribution >= 4 is 10.9 Å². The van der Waals surface area contributed by atoms with Gasteiger partial charge in [0.05, 0.1) is 6.61 Å². The van der Waals surface area contributed by atoms with Gasteiger partial charge in [-0.05, 0) is 35.6 Å². The van der Waals surface area contributed by atoms with E-state index in [9.17, 15) is 0 Å². The van der Waals surface area contributed by atoms with Gasteiger partial charge in [-0.15, -0.1) is 0 Å². The van der Waals surface area contributed by atoms with Crippen LogP contribution in [0.5, 0.6) is 0 Å². The Bertz CT molecular complexity index is 394. The molecule has 1 heterocycles. The maximum atomic E-state index is 4.96. The molecular weight excluding hydrogens is 164 g/mol. The molecule has 0 fully saturated rings. The summed E-state index contributed by atoms with van der Waals surface area (Å²) in [6, 6.07) is 8.35. The normalized spacial score (nSPS) is 10.8. The molecule has 0 unspecified atom stereocenters. The third kappa shape index (κ3) is 1.71. The van der Waals surface area contributed by atoms with Gasteiger partial charge in [0.1, 0.15) is 0 Å². The molecule has 0 saturated carbocycles. The minimum absolute atomic E-state index is 0.565. The van der Waals surface area contributed by atoms with E-state index in [2.05, 4.69) is 34.1 Å². The van der Waals surface area contributed by atoms with Crippen LogP contribution in [0.3, 0.4) is 0 Å². The van der Waals surface area contributed by atoms with Gasteiger partial charge >= 0.3 is 0 Å². The van der Waals surface area contributed by atoms with Crippen LogP contribution in [0, 0.1) is 0 Å². The molecular formula is C10H12N2O. The Balaban J connectivity index is 2.26. The summed E-state index contributed by atoms with van der Waals surface area (Å²) < 4.78 is 0. The van der Waals surface area contributed by atoms with Gasteiger partial charge in [-0.1, -0.05) is 6.07 Å². The third-order valence-corrected chi connectivity index (χ3v) is 2.13. The van der Waals surface area contributed by atoms with Gasteiger partial charge in [0.15, 0.2) is 0 Å². The first-order chi connectivity index (χ1) is 6.40. The lowest BCUT2D eigenvalue weighted by atomic mass is 10.1. The fourth-order valence-corrected chi connectivity index (χ4v) is 1.44. The van der Waals surface area contributed by atoms with Crippen molar-refractivity contribution in [1.82, 2.24) is 4.98 Å². The zero-order valence-corrected chi connectivity index (χ0v) is 7.29. The molecule has 13 heavy (non-hydrogen) atoms. The summed E-state index contributed by atoms with van der Waals surface area (Å²) in [6.07, 6.45) is 2.80. The largest absolute Gasteiger partial charge is 0.361 e. The second kappa shape index (κ2) is 3.60. The van der Waals surface area contributed by atoms with E-state index >= 15 is 0 Å². The molecule has 0 spiro atoms. The fraction of sp³-hybridized carbons (Fsp3) is 0.200. The number of hydrogen-bond donors (Lipinski definition) is 2. The summed E-state index contributed by atoms with van der Waals surface area (Å²) in [4.78, 5) is 7.68. The standard InChI is InChI=1S/C10H12N2O/c11-13-6-4-8-1-2-10-9(7-8)3-5-12-10/h1-3,5,7,12H,4,6,11H2. The number of hydrogen-bond acceptors (Lipinski definition) is 2. The molecule has 0 atom stereocenters. The average Bonchev–Trinajstić information content (AvgIpc) is 2.61. The van der Waals surface area contributed by atoms with Crippen LogP contribution in [0.2, 0.25) is 0 Å². The van der Waals surface area contributed by atoms with Crippen LogP contribution in [0.25, 0.3) is 10.9 Å². The quantitative estimate of drug-likeness (QED) is 0.698. The Morgan fingerprint density at radius 2 is 2.23 bits per heavy atom. The molecule has 0 aliphatic rings. The minimum Gasteiger partial charge on any atom is -0.361 e. The SMILES string of the molecule is NOCCc1ccc2[nH]ccc2c1. The van der Waals surface area contributed by atoms with Gasteiger partial charge in [0, 0.05) is 11.7 Å². The van der Waals surface area contributed by atoms with Crippen LogP contribution in [0.15, 0.2) is 30.5 Å². The van der Waals surface area contributed by atoms with Crippen LogP contribution >= 0.6 is 0 Å². The van der Waals surface area contributed by atoms with Crippen molar-refractivity contribution in [1.29, 1.82) is 0 Å². The number of nitrogens with one attached hydrogen (secondary N) is 1. The topological polar surface area (TPSA) is 51.0 Å². The average molecular weight is 176 g/mol. The third-order valence-electron chi connectivity index (χ3n) is 2.13. The van der Waals surface area contributed by atoms with Crippen molar-refractivity contribution in [3.63, 3.8) is 0 Å². The Labute approximate surface area is 76.5 Å². The van der Waals surface area contributed by atoms with Gasteiger partial charge in [-0.25, -0.2) is 5.90 Å². The van der Waals surface area contributed by atoms with E-state index in [4.69, 9.17) is 5.90 Å². The zero-order chi connectivity index (χ0) is 9.10. The fourth-order valence-electron chi connectivity index (χ4n) is 1.44. The van der Waals surface area contributed by atoms with Gasteiger partial charge in [0.2, 0.25) is 0 Å². The zero-order valence-electron chi connectivity index (χ0n) is 7.29. The molecule has 0 bridgehead atoms. The molecule has 2 aromatic rings. The lowest BCUT2D eigenvalue weighted by Gasteiger charge is -1.99. The van der Waals surface area contributed by atoms with Crippen LogP contribution in [0.1, 0.15) is 5.56 Å². The monoisotopic (exact) mass is 176 g/mol. The molecule has 1 aromatic heterocycles. The first-order valence-electron chi connectivity index (χ1n) is 4.28. The van der Waals surface area contributed by atoms with Crippen LogP contribution in [-0.4, -0.2) is 11.6 Å². The highest BCUT2D eigenvalue weighted by molar-refractivity contribution is 5.79. The minimum atomic E-state index is 0.565. The van der Waals surface area contributed by atoms with Crippen LogP contribution in [0.4, 0.5) is 0 Å². The van der Waals surface area contributed by atoms with E-state index in [0.717, 1.165) is 11.9 Å². The van der Waals surface area contributed by atoms with Crippen molar-refractivity contribution in [2.24, 2.45) is 5.90 Å². The van der Waals surface area contributed by atoms with Gasteiger partial charge in [0.25, 0.3) is 0 Å². The molecule has 0 aliphatic carbocycles. The van der Waals surface area contributed by atoms with E-state index < -0.39 is 0 Å². The Morgan fingerprint density at radius 1 is 1.31 bits per heavy atom. The van der Waals surface area contributed by atoms with Crippen molar-refractivity contribution in [3.05, 3.63) is 36.0 Å². The molecule has 3 nitrogen and oxygen atoms in total. The maximum absolute atomic E-state index is 4.96. The van der Waals surface area contributed by atoms with E-state index in [-0.39, 0.29) is 0 Å². The van der Waals surface area contributed by atoms with E-state index in [1.165, 1.54) is 10.9 Å². The number of nitrogens with two attached hydrogens (primary N) is 1. The molecule has 1 aromatic carbocycles. The maximum Gasteiger partial charge on any atom is 0.0719 e. The van der Waals surface area contributed by atoms with E-state index in [1.54, 1.807) is 0 Å². The number of benzene rings is 1. The van der Waals surface area contributed by atoms with Gasteiger partial charge < -0.3 is 9.82 Å². The number of fused-ring (bicyclic) bond motifs is 1. The number of H-pyrrole nitrogens is 1. The highest BCUT2D eigenvalue weighted by Gasteiger charge is 1.96. The van der Waals surface area contributed by atoms with Crippen molar-refractivity contribution in [2.75, 3.05) is 6.61 Å². The first kappa shape index (κ1) is 8.29. The molecule has 3 N–H and O–H groups in total. The van der Waals surface area contributed by atoms with Gasteiger partial charge in [-0.3, -0.25) is 0 Å². The lowest BCUT2D eigenvalue weighted by Crippen LogP contribution is -2.03. The second-order valence-corrected chi connectivity index (χ2v) is 3.02. The predicted octanol–water partition coefficient (Wildman–Crippen LogP) is 1.60. The summed E-state index contributed by atoms with van der Waals surface area (Å²) in [5.41, 5.74) is 2.41. The van der Waals surface area contributed by atoms with E-state index in [1.807, 2.05) is 6.20 Å². The van der Waals surface area contributed by atoms with Gasteiger partial charge in [-0.2, -0.15) is 0 Å². The number of aromatic nitrogens is 1. The molecule has 0 radical (unpaired) electrons. The molecule has 0 saturated heterocycles. The van der Waals surface area contributed by atoms with Crippen LogP contribution in [-0.2, 0) is 11.3 Å². The molecule has 68 valence electrons. The summed E-state index contributed by atoms with van der Waals surface area (Å²) >= 11 is 0. The van der Waals surface area contributed by atoms with Crippen molar-refractivity contribution in [2.45, 2.75) is 6.42 Å². The number of rotatable bonds is 3. The smallest absolute Gasteiger partial charge is 0.0719 e.